The highest BCUT2D eigenvalue weighted by atomic mass is 35.5. The summed E-state index contributed by atoms with van der Waals surface area (Å²) in [6.45, 7) is 3.50. The fourth-order valence-corrected chi connectivity index (χ4v) is 4.38. The van der Waals surface area contributed by atoms with E-state index in [1.165, 1.54) is 31.2 Å². The third-order valence-corrected chi connectivity index (χ3v) is 6.43. The standard InChI is InChI=1S/C27H27ClN2O7/c1-3-4-5-15-9-25(32)37-23-12-24(20(28)11-19(15)23)36-14(2)26(33)30-22(27(34)35)8-16-13-29-21-7-6-17(31)10-18(16)21/h6-7,9-14,22,29,31H,3-5,8H2,1-2H3,(H,30,33)(H,34,35)/p-1/t14-,22+/m0/s1. The summed E-state index contributed by atoms with van der Waals surface area (Å²) in [4.78, 5) is 39.6. The molecular formula is C27H26ClN2O7-. The monoisotopic (exact) mass is 525 g/mol. The largest absolute Gasteiger partial charge is 0.548 e. The second-order valence-corrected chi connectivity index (χ2v) is 9.27. The van der Waals surface area contributed by atoms with E-state index in [0.717, 1.165) is 18.4 Å². The van der Waals surface area contributed by atoms with Crippen LogP contribution in [0.1, 0.15) is 37.8 Å². The van der Waals surface area contributed by atoms with Crippen LogP contribution in [-0.2, 0) is 22.4 Å². The number of carboxylic acid groups (broad SMARTS) is 1. The molecule has 0 fully saturated rings. The molecule has 37 heavy (non-hydrogen) atoms. The number of aromatic amines is 1. The van der Waals surface area contributed by atoms with Crippen LogP contribution >= 0.6 is 11.6 Å². The van der Waals surface area contributed by atoms with E-state index < -0.39 is 29.6 Å². The number of hydrogen-bond donors (Lipinski definition) is 3. The SMILES string of the molecule is CCCCc1cc(=O)oc2cc(O[C@@H](C)C(=O)N[C@H](Cc3c[nH]c4ccc(O)cc34)C(=O)[O-])c(Cl)cc12. The number of phenols is 1. The van der Waals surface area contributed by atoms with Crippen molar-refractivity contribution in [1.82, 2.24) is 10.3 Å². The van der Waals surface area contributed by atoms with Gasteiger partial charge in [-0.25, -0.2) is 4.79 Å². The summed E-state index contributed by atoms with van der Waals surface area (Å²) in [5, 5.41) is 25.5. The van der Waals surface area contributed by atoms with E-state index in [9.17, 15) is 24.6 Å². The van der Waals surface area contributed by atoms with Crippen molar-refractivity contribution in [3.8, 4) is 11.5 Å². The number of carboxylic acids is 1. The zero-order chi connectivity index (χ0) is 26.7. The predicted octanol–water partition coefficient (Wildman–Crippen LogP) is 3.22. The Hall–Kier alpha value is -3.98. The maximum atomic E-state index is 12.8. The number of benzene rings is 2. The van der Waals surface area contributed by atoms with Crippen LogP contribution < -0.4 is 20.8 Å². The number of aliphatic carboxylic acids is 1. The number of rotatable bonds is 10. The first-order valence-electron chi connectivity index (χ1n) is 11.9. The summed E-state index contributed by atoms with van der Waals surface area (Å²) >= 11 is 6.41. The topological polar surface area (TPSA) is 145 Å². The molecule has 0 spiro atoms. The molecule has 2 atom stereocenters. The summed E-state index contributed by atoms with van der Waals surface area (Å²) in [5.41, 5.74) is 1.89. The highest BCUT2D eigenvalue weighted by molar-refractivity contribution is 6.32. The molecule has 2 aromatic carbocycles. The Balaban J connectivity index is 1.51. The van der Waals surface area contributed by atoms with Gasteiger partial charge in [0.05, 0.1) is 17.0 Å². The summed E-state index contributed by atoms with van der Waals surface area (Å²) in [5.74, 6) is -2.03. The number of carbonyl (C=O) groups excluding carboxylic acids is 2. The van der Waals surface area contributed by atoms with Gasteiger partial charge in [0.2, 0.25) is 0 Å². The number of nitrogens with one attached hydrogen (secondary N) is 2. The second-order valence-electron chi connectivity index (χ2n) is 8.86. The van der Waals surface area contributed by atoms with Gasteiger partial charge in [0.15, 0.2) is 6.10 Å². The van der Waals surface area contributed by atoms with Crippen molar-refractivity contribution >= 4 is 45.3 Å². The van der Waals surface area contributed by atoms with Crippen LogP contribution in [-0.4, -0.2) is 34.1 Å². The molecule has 0 radical (unpaired) electrons. The highest BCUT2D eigenvalue weighted by Crippen LogP contribution is 2.32. The summed E-state index contributed by atoms with van der Waals surface area (Å²) in [6, 6.07) is 7.85. The molecule has 194 valence electrons. The average Bonchev–Trinajstić information content (AvgIpc) is 3.24. The van der Waals surface area contributed by atoms with E-state index in [-0.39, 0.29) is 28.5 Å². The zero-order valence-corrected chi connectivity index (χ0v) is 21.1. The quantitative estimate of drug-likeness (QED) is 0.269. The zero-order valence-electron chi connectivity index (χ0n) is 20.3. The number of carbonyl (C=O) groups is 2. The fraction of sp³-hybridized carbons (Fsp3) is 0.296. The first-order valence-corrected chi connectivity index (χ1v) is 12.3. The van der Waals surface area contributed by atoms with Crippen molar-refractivity contribution in [3.05, 3.63) is 69.2 Å². The summed E-state index contributed by atoms with van der Waals surface area (Å²) in [7, 11) is 0. The van der Waals surface area contributed by atoms with Crippen LogP contribution in [0.25, 0.3) is 21.9 Å². The maximum Gasteiger partial charge on any atom is 0.336 e. The number of ether oxygens (including phenoxy) is 1. The number of amides is 1. The third kappa shape index (κ3) is 5.89. The first kappa shape index (κ1) is 26.1. The number of aromatic hydroxyl groups is 1. The van der Waals surface area contributed by atoms with Gasteiger partial charge in [0.25, 0.3) is 5.91 Å². The van der Waals surface area contributed by atoms with Crippen LogP contribution in [0, 0.1) is 0 Å². The molecule has 4 rings (SSSR count). The molecule has 1 amide bonds. The number of H-pyrrole nitrogens is 1. The number of hydrogen-bond acceptors (Lipinski definition) is 7. The van der Waals surface area contributed by atoms with E-state index in [0.29, 0.717) is 28.3 Å². The summed E-state index contributed by atoms with van der Waals surface area (Å²) < 4.78 is 11.0. The van der Waals surface area contributed by atoms with Crippen molar-refractivity contribution in [2.24, 2.45) is 0 Å². The molecule has 0 bridgehead atoms. The fourth-order valence-electron chi connectivity index (χ4n) is 4.17. The Morgan fingerprint density at radius 1 is 1.19 bits per heavy atom. The van der Waals surface area contributed by atoms with Crippen LogP contribution in [0.4, 0.5) is 0 Å². The molecule has 2 aromatic heterocycles. The van der Waals surface area contributed by atoms with Crippen molar-refractivity contribution < 1.29 is 29.0 Å². The number of unbranched alkanes of at least 4 members (excludes halogenated alkanes) is 1. The number of fused-ring (bicyclic) bond motifs is 2. The van der Waals surface area contributed by atoms with Crippen LogP contribution in [0.2, 0.25) is 5.02 Å². The van der Waals surface area contributed by atoms with E-state index in [2.05, 4.69) is 17.2 Å². The Morgan fingerprint density at radius 2 is 1.97 bits per heavy atom. The van der Waals surface area contributed by atoms with Gasteiger partial charge in [-0.3, -0.25) is 4.79 Å². The van der Waals surface area contributed by atoms with E-state index in [4.69, 9.17) is 20.8 Å². The summed E-state index contributed by atoms with van der Waals surface area (Å²) in [6.07, 6.45) is 2.95. The lowest BCUT2D eigenvalue weighted by molar-refractivity contribution is -0.308. The first-order chi connectivity index (χ1) is 17.7. The molecule has 0 aliphatic rings. The number of phenolic OH excluding ortho intramolecular Hbond substituents is 1. The Kier molecular flexibility index (Phi) is 7.73. The third-order valence-electron chi connectivity index (χ3n) is 6.13. The molecule has 0 aliphatic carbocycles. The van der Waals surface area contributed by atoms with E-state index in [1.807, 2.05) is 0 Å². The minimum Gasteiger partial charge on any atom is -0.548 e. The highest BCUT2D eigenvalue weighted by Gasteiger charge is 2.23. The molecule has 0 aliphatic heterocycles. The van der Waals surface area contributed by atoms with Crippen LogP contribution in [0.3, 0.4) is 0 Å². The van der Waals surface area contributed by atoms with Gasteiger partial charge in [-0.05, 0) is 55.2 Å². The van der Waals surface area contributed by atoms with Gasteiger partial charge in [0.1, 0.15) is 17.1 Å². The van der Waals surface area contributed by atoms with Crippen molar-refractivity contribution in [2.45, 2.75) is 51.7 Å². The lowest BCUT2D eigenvalue weighted by Gasteiger charge is -2.22. The van der Waals surface area contributed by atoms with E-state index in [1.54, 1.807) is 18.3 Å². The molecule has 3 N–H and O–H groups in total. The van der Waals surface area contributed by atoms with Crippen molar-refractivity contribution in [3.63, 3.8) is 0 Å². The van der Waals surface area contributed by atoms with Crippen molar-refractivity contribution in [1.29, 1.82) is 0 Å². The van der Waals surface area contributed by atoms with Gasteiger partial charge in [-0.2, -0.15) is 0 Å². The van der Waals surface area contributed by atoms with Gasteiger partial charge in [0, 0.05) is 41.0 Å². The van der Waals surface area contributed by atoms with Crippen molar-refractivity contribution in [2.75, 3.05) is 0 Å². The van der Waals surface area contributed by atoms with Gasteiger partial charge in [-0.1, -0.05) is 24.9 Å². The van der Waals surface area contributed by atoms with Gasteiger partial charge >= 0.3 is 5.63 Å². The number of aryl methyl sites for hydroxylation is 1. The smallest absolute Gasteiger partial charge is 0.336 e. The normalized spacial score (nSPS) is 12.9. The lowest BCUT2D eigenvalue weighted by Crippen LogP contribution is -2.52. The number of aromatic nitrogens is 1. The Labute approximate surface area is 217 Å². The van der Waals surface area contributed by atoms with E-state index >= 15 is 0 Å². The second kappa shape index (κ2) is 11.0. The minimum atomic E-state index is -1.47. The van der Waals surface area contributed by atoms with Crippen LogP contribution in [0.15, 0.2) is 51.8 Å². The average molecular weight is 526 g/mol. The molecule has 4 aromatic rings. The molecule has 9 nitrogen and oxygen atoms in total. The molecule has 2 heterocycles. The molecule has 0 saturated carbocycles. The molecule has 0 saturated heterocycles. The van der Waals surface area contributed by atoms with Crippen LogP contribution in [0.5, 0.6) is 11.5 Å². The van der Waals surface area contributed by atoms with Gasteiger partial charge < -0.3 is 34.5 Å². The van der Waals surface area contributed by atoms with Gasteiger partial charge in [-0.15, -0.1) is 0 Å². The minimum absolute atomic E-state index is 0.0324. The molecular weight excluding hydrogens is 500 g/mol. The molecule has 0 unspecified atom stereocenters. The maximum absolute atomic E-state index is 12.8. The predicted molar refractivity (Wildman–Crippen MR) is 137 cm³/mol. The lowest BCUT2D eigenvalue weighted by atomic mass is 10.0. The molecule has 10 heteroatoms. The Bertz CT molecular complexity index is 1520. The Morgan fingerprint density at radius 3 is 2.70 bits per heavy atom. The number of halogens is 1.